The fourth-order valence-corrected chi connectivity index (χ4v) is 2.21. The lowest BCUT2D eigenvalue weighted by molar-refractivity contribution is 1.20. The number of rotatable bonds is 1. The first-order valence-electron chi connectivity index (χ1n) is 6.09. The van der Waals surface area contributed by atoms with Crippen LogP contribution in [0.15, 0.2) is 64.8 Å². The molecular formula is C16H14N2. The quantitative estimate of drug-likeness (QED) is 0.722. The van der Waals surface area contributed by atoms with Crippen LogP contribution in [0.5, 0.6) is 0 Å². The van der Waals surface area contributed by atoms with E-state index in [9.17, 15) is 0 Å². The molecule has 0 aliphatic carbocycles. The molecule has 0 saturated carbocycles. The van der Waals surface area contributed by atoms with Gasteiger partial charge in [-0.15, -0.1) is 5.10 Å². The summed E-state index contributed by atoms with van der Waals surface area (Å²) < 4.78 is 0. The van der Waals surface area contributed by atoms with Gasteiger partial charge in [0.25, 0.3) is 0 Å². The second kappa shape index (κ2) is 4.57. The van der Waals surface area contributed by atoms with E-state index in [-0.39, 0.29) is 0 Å². The highest BCUT2D eigenvalue weighted by Crippen LogP contribution is 2.19. The van der Waals surface area contributed by atoms with Gasteiger partial charge in [0.15, 0.2) is 0 Å². The third-order valence-corrected chi connectivity index (χ3v) is 3.09. The van der Waals surface area contributed by atoms with E-state index < -0.39 is 0 Å². The van der Waals surface area contributed by atoms with E-state index in [2.05, 4.69) is 46.6 Å². The SMILES string of the molecule is CC1=NN=C(c2ccccc2)c2ccccc2C1. The summed E-state index contributed by atoms with van der Waals surface area (Å²) in [6, 6.07) is 18.6. The number of hydrogen-bond acceptors (Lipinski definition) is 2. The Bertz CT molecular complexity index is 625. The Kier molecular flexibility index (Phi) is 2.77. The van der Waals surface area contributed by atoms with E-state index in [0.717, 1.165) is 23.4 Å². The van der Waals surface area contributed by atoms with Gasteiger partial charge in [-0.3, -0.25) is 0 Å². The van der Waals surface area contributed by atoms with Crippen molar-refractivity contribution in [3.05, 3.63) is 71.3 Å². The maximum atomic E-state index is 4.42. The lowest BCUT2D eigenvalue weighted by Crippen LogP contribution is -2.06. The van der Waals surface area contributed by atoms with Crippen LogP contribution in [-0.2, 0) is 6.42 Å². The average Bonchev–Trinajstić information content (AvgIpc) is 2.58. The molecule has 0 N–H and O–H groups in total. The molecular weight excluding hydrogens is 220 g/mol. The zero-order chi connectivity index (χ0) is 12.4. The molecule has 0 amide bonds. The van der Waals surface area contributed by atoms with E-state index in [1.54, 1.807) is 0 Å². The van der Waals surface area contributed by atoms with Gasteiger partial charge in [-0.2, -0.15) is 5.10 Å². The van der Waals surface area contributed by atoms with Gasteiger partial charge in [0, 0.05) is 23.3 Å². The minimum atomic E-state index is 0.871. The summed E-state index contributed by atoms with van der Waals surface area (Å²) in [5.74, 6) is 0. The van der Waals surface area contributed by atoms with Gasteiger partial charge >= 0.3 is 0 Å². The van der Waals surface area contributed by atoms with Crippen molar-refractivity contribution in [1.29, 1.82) is 0 Å². The molecule has 0 bridgehead atoms. The van der Waals surface area contributed by atoms with Crippen LogP contribution in [0.4, 0.5) is 0 Å². The standard InChI is InChI=1S/C16H14N2/c1-12-11-14-9-5-6-10-15(14)16(18-17-12)13-7-3-2-4-8-13/h2-10H,11H2,1H3. The number of benzene rings is 2. The van der Waals surface area contributed by atoms with E-state index in [4.69, 9.17) is 0 Å². The summed E-state index contributed by atoms with van der Waals surface area (Å²) in [5.41, 5.74) is 5.60. The van der Waals surface area contributed by atoms with Gasteiger partial charge < -0.3 is 0 Å². The molecule has 2 nitrogen and oxygen atoms in total. The van der Waals surface area contributed by atoms with Crippen LogP contribution in [0.25, 0.3) is 0 Å². The van der Waals surface area contributed by atoms with Crippen LogP contribution in [0, 0.1) is 0 Å². The highest BCUT2D eigenvalue weighted by molar-refractivity contribution is 6.14. The lowest BCUT2D eigenvalue weighted by atomic mass is 9.95. The number of fused-ring (bicyclic) bond motifs is 1. The van der Waals surface area contributed by atoms with E-state index in [1.807, 2.05) is 25.1 Å². The van der Waals surface area contributed by atoms with Crippen molar-refractivity contribution in [3.8, 4) is 0 Å². The Hall–Kier alpha value is -2.22. The highest BCUT2D eigenvalue weighted by atomic mass is 15.2. The second-order valence-corrected chi connectivity index (χ2v) is 4.48. The van der Waals surface area contributed by atoms with Crippen LogP contribution >= 0.6 is 0 Å². The molecule has 0 atom stereocenters. The summed E-state index contributed by atoms with van der Waals surface area (Å²) in [7, 11) is 0. The Morgan fingerprint density at radius 1 is 0.833 bits per heavy atom. The predicted molar refractivity (Wildman–Crippen MR) is 75.3 cm³/mol. The van der Waals surface area contributed by atoms with Gasteiger partial charge in [-0.05, 0) is 12.5 Å². The molecule has 0 fully saturated rings. The maximum Gasteiger partial charge on any atom is 0.100 e. The Labute approximate surface area is 107 Å². The van der Waals surface area contributed by atoms with Gasteiger partial charge in [0.05, 0.1) is 0 Å². The summed E-state index contributed by atoms with van der Waals surface area (Å²) in [4.78, 5) is 0. The first kappa shape index (κ1) is 10.9. The smallest absolute Gasteiger partial charge is 0.100 e. The van der Waals surface area contributed by atoms with Crippen LogP contribution in [0.2, 0.25) is 0 Å². The zero-order valence-electron chi connectivity index (χ0n) is 10.3. The number of hydrogen-bond donors (Lipinski definition) is 0. The molecule has 0 aromatic heterocycles. The van der Waals surface area contributed by atoms with Crippen molar-refractivity contribution in [1.82, 2.24) is 0 Å². The summed E-state index contributed by atoms with van der Waals surface area (Å²) >= 11 is 0. The highest BCUT2D eigenvalue weighted by Gasteiger charge is 2.14. The van der Waals surface area contributed by atoms with Gasteiger partial charge in [0.2, 0.25) is 0 Å². The third kappa shape index (κ3) is 1.97. The molecule has 0 radical (unpaired) electrons. The van der Waals surface area contributed by atoms with E-state index in [0.29, 0.717) is 0 Å². The second-order valence-electron chi connectivity index (χ2n) is 4.48. The summed E-state index contributed by atoms with van der Waals surface area (Å²) in [5, 5.41) is 8.72. The van der Waals surface area contributed by atoms with E-state index in [1.165, 1.54) is 11.1 Å². The third-order valence-electron chi connectivity index (χ3n) is 3.09. The molecule has 2 heteroatoms. The largest absolute Gasteiger partial charge is 0.159 e. The minimum absolute atomic E-state index is 0.871. The monoisotopic (exact) mass is 234 g/mol. The number of nitrogens with zero attached hydrogens (tertiary/aromatic N) is 2. The Morgan fingerprint density at radius 3 is 2.39 bits per heavy atom. The zero-order valence-corrected chi connectivity index (χ0v) is 10.3. The molecule has 3 rings (SSSR count). The molecule has 1 heterocycles. The normalized spacial score (nSPS) is 14.3. The molecule has 0 spiro atoms. The van der Waals surface area contributed by atoms with Crippen LogP contribution in [0.1, 0.15) is 23.6 Å². The van der Waals surface area contributed by atoms with Crippen LogP contribution in [0.3, 0.4) is 0 Å². The van der Waals surface area contributed by atoms with Crippen molar-refractivity contribution in [2.75, 3.05) is 0 Å². The van der Waals surface area contributed by atoms with Crippen molar-refractivity contribution in [2.24, 2.45) is 10.2 Å². The first-order chi connectivity index (χ1) is 8.84. The molecule has 2 aromatic carbocycles. The predicted octanol–water partition coefficient (Wildman–Crippen LogP) is 3.46. The molecule has 0 unspecified atom stereocenters. The summed E-state index contributed by atoms with van der Waals surface area (Å²) in [6.45, 7) is 2.02. The average molecular weight is 234 g/mol. The van der Waals surface area contributed by atoms with Crippen molar-refractivity contribution < 1.29 is 0 Å². The molecule has 1 aliphatic heterocycles. The van der Waals surface area contributed by atoms with Crippen molar-refractivity contribution in [3.63, 3.8) is 0 Å². The molecule has 0 saturated heterocycles. The van der Waals surface area contributed by atoms with Gasteiger partial charge in [0.1, 0.15) is 5.71 Å². The fraction of sp³-hybridized carbons (Fsp3) is 0.125. The Morgan fingerprint density at radius 2 is 1.56 bits per heavy atom. The minimum Gasteiger partial charge on any atom is -0.159 e. The molecule has 18 heavy (non-hydrogen) atoms. The van der Waals surface area contributed by atoms with E-state index >= 15 is 0 Å². The van der Waals surface area contributed by atoms with Crippen LogP contribution in [-0.4, -0.2) is 11.4 Å². The maximum absolute atomic E-state index is 4.42. The molecule has 1 aliphatic rings. The molecule has 88 valence electrons. The lowest BCUT2D eigenvalue weighted by Gasteiger charge is -2.08. The van der Waals surface area contributed by atoms with Gasteiger partial charge in [-0.1, -0.05) is 54.6 Å². The topological polar surface area (TPSA) is 24.7 Å². The van der Waals surface area contributed by atoms with Crippen molar-refractivity contribution in [2.45, 2.75) is 13.3 Å². The molecule has 2 aromatic rings. The fourth-order valence-electron chi connectivity index (χ4n) is 2.21. The first-order valence-corrected chi connectivity index (χ1v) is 6.09. The summed E-state index contributed by atoms with van der Waals surface area (Å²) in [6.07, 6.45) is 0.871. The van der Waals surface area contributed by atoms with Crippen LogP contribution < -0.4 is 0 Å². The van der Waals surface area contributed by atoms with Gasteiger partial charge in [-0.25, -0.2) is 0 Å². The Balaban J connectivity index is 2.20. The van der Waals surface area contributed by atoms with Crippen molar-refractivity contribution >= 4 is 11.4 Å².